The number of hydrogen-bond donors (Lipinski definition) is 6. The van der Waals surface area contributed by atoms with Crippen LogP contribution in [0.1, 0.15) is 55.3 Å². The Labute approximate surface area is 233 Å². The Hall–Kier alpha value is -3.70. The van der Waals surface area contributed by atoms with Crippen LogP contribution in [0.5, 0.6) is 11.5 Å². The maximum atomic E-state index is 12.6. The van der Waals surface area contributed by atoms with E-state index in [1.54, 1.807) is 6.07 Å². The number of phenolic OH excluding ortho intramolecular Hbond substituents is 1. The molecular formula is C28H39N5O7. The molecule has 4 saturated carbocycles. The molecule has 2 amide bonds. The number of benzene rings is 1. The number of carboxylic acid groups (broad SMARTS) is 1. The second kappa shape index (κ2) is 12.2. The fourth-order valence-electron chi connectivity index (χ4n) is 7.14. The topological polar surface area (TPSA) is 171 Å². The molecule has 6 N–H and O–H groups in total. The molecule has 0 aromatic heterocycles. The zero-order valence-electron chi connectivity index (χ0n) is 22.6. The number of carbonyl (C=O) groups excluding carboxylic acids is 2. The molecular weight excluding hydrogens is 518 g/mol. The van der Waals surface area contributed by atoms with E-state index >= 15 is 0 Å². The van der Waals surface area contributed by atoms with Gasteiger partial charge in [-0.3, -0.25) is 9.79 Å². The molecule has 0 radical (unpaired) electrons. The third-order valence-electron chi connectivity index (χ3n) is 8.51. The summed E-state index contributed by atoms with van der Waals surface area (Å²) in [5, 5.41) is 31.0. The molecule has 4 fully saturated rings. The smallest absolute Gasteiger partial charge is 0.407 e. The maximum absolute atomic E-state index is 12.6. The molecule has 12 heteroatoms. The van der Waals surface area contributed by atoms with Crippen LogP contribution in [0.15, 0.2) is 23.2 Å². The second-order valence-electron chi connectivity index (χ2n) is 11.7. The molecule has 1 aromatic rings. The molecule has 1 aliphatic heterocycles. The zero-order chi connectivity index (χ0) is 28.1. The van der Waals surface area contributed by atoms with Crippen LogP contribution in [0.4, 0.5) is 4.79 Å². The summed E-state index contributed by atoms with van der Waals surface area (Å²) in [5.74, 6) is 0.965. The normalized spacial score (nSPS) is 27.1. The Kier molecular flexibility index (Phi) is 8.51. The molecule has 12 nitrogen and oxygen atoms in total. The van der Waals surface area contributed by atoms with Crippen molar-refractivity contribution < 1.29 is 34.1 Å². The fraction of sp³-hybridized carbons (Fsp3) is 0.643. The lowest BCUT2D eigenvalue weighted by Gasteiger charge is -2.56. The van der Waals surface area contributed by atoms with E-state index in [1.165, 1.54) is 31.4 Å². The first-order valence-electron chi connectivity index (χ1n) is 14.2. The highest BCUT2D eigenvalue weighted by Crippen LogP contribution is 2.60. The SMILES string of the molecule is O=C(N[C@@H](CNC(=O)c1ccc(OCCNC2=NCCCN2)cc1O)C(=O)O)OCC12CC3CC(CC(C3)C1)C2. The van der Waals surface area contributed by atoms with Crippen LogP contribution >= 0.6 is 0 Å². The molecule has 1 aromatic carbocycles. The number of aliphatic carboxylic acids is 1. The minimum Gasteiger partial charge on any atom is -0.507 e. The van der Waals surface area contributed by atoms with Gasteiger partial charge in [0, 0.05) is 31.1 Å². The highest BCUT2D eigenvalue weighted by Gasteiger charge is 2.51. The largest absolute Gasteiger partial charge is 0.507 e. The summed E-state index contributed by atoms with van der Waals surface area (Å²) >= 11 is 0. The van der Waals surface area contributed by atoms with Gasteiger partial charge in [-0.1, -0.05) is 0 Å². The molecule has 0 spiro atoms. The molecule has 218 valence electrons. The second-order valence-corrected chi connectivity index (χ2v) is 11.7. The van der Waals surface area contributed by atoms with E-state index < -0.39 is 24.0 Å². The van der Waals surface area contributed by atoms with Gasteiger partial charge in [-0.25, -0.2) is 9.59 Å². The van der Waals surface area contributed by atoms with Crippen molar-refractivity contribution in [2.75, 3.05) is 39.4 Å². The summed E-state index contributed by atoms with van der Waals surface area (Å²) in [7, 11) is 0. The Morgan fingerprint density at radius 2 is 1.85 bits per heavy atom. The quantitative estimate of drug-likeness (QED) is 0.222. The molecule has 40 heavy (non-hydrogen) atoms. The van der Waals surface area contributed by atoms with Crippen LogP contribution in [0.25, 0.3) is 0 Å². The van der Waals surface area contributed by atoms with Gasteiger partial charge in [0.05, 0.1) is 18.7 Å². The van der Waals surface area contributed by atoms with Gasteiger partial charge in [0.2, 0.25) is 0 Å². The van der Waals surface area contributed by atoms with Gasteiger partial charge < -0.3 is 41.0 Å². The lowest BCUT2D eigenvalue weighted by Crippen LogP contribution is -2.51. The molecule has 4 bridgehead atoms. The van der Waals surface area contributed by atoms with Crippen LogP contribution < -0.4 is 26.0 Å². The molecule has 0 unspecified atom stereocenters. The van der Waals surface area contributed by atoms with Gasteiger partial charge in [-0.15, -0.1) is 0 Å². The van der Waals surface area contributed by atoms with Crippen LogP contribution in [-0.2, 0) is 9.53 Å². The third kappa shape index (κ3) is 6.89. The van der Waals surface area contributed by atoms with Gasteiger partial charge in [0.15, 0.2) is 5.96 Å². The Balaban J connectivity index is 1.05. The van der Waals surface area contributed by atoms with Gasteiger partial charge in [0.25, 0.3) is 5.91 Å². The first kappa shape index (κ1) is 27.9. The highest BCUT2D eigenvalue weighted by atomic mass is 16.5. The summed E-state index contributed by atoms with van der Waals surface area (Å²) in [6.07, 6.45) is 7.26. The number of rotatable bonds is 11. The number of carbonyl (C=O) groups is 3. The van der Waals surface area contributed by atoms with Gasteiger partial charge in [-0.05, 0) is 74.8 Å². The number of hydrogen-bond acceptors (Lipinski definition) is 9. The lowest BCUT2D eigenvalue weighted by molar-refractivity contribution is -0.139. The first-order chi connectivity index (χ1) is 19.3. The van der Waals surface area contributed by atoms with Gasteiger partial charge >= 0.3 is 12.1 Å². The minimum absolute atomic E-state index is 0.0182. The summed E-state index contributed by atoms with van der Waals surface area (Å²) in [4.78, 5) is 41.2. The summed E-state index contributed by atoms with van der Waals surface area (Å²) in [6.45, 7) is 2.40. The third-order valence-corrected chi connectivity index (χ3v) is 8.51. The van der Waals surface area contributed by atoms with Crippen molar-refractivity contribution in [2.24, 2.45) is 28.2 Å². The van der Waals surface area contributed by atoms with Crippen molar-refractivity contribution in [3.8, 4) is 11.5 Å². The first-order valence-corrected chi connectivity index (χ1v) is 14.2. The lowest BCUT2D eigenvalue weighted by atomic mass is 9.50. The van der Waals surface area contributed by atoms with Gasteiger partial charge in [0.1, 0.15) is 24.1 Å². The predicted octanol–water partition coefficient (Wildman–Crippen LogP) is 1.84. The average molecular weight is 558 g/mol. The van der Waals surface area contributed by atoms with Crippen molar-refractivity contribution in [3.63, 3.8) is 0 Å². The predicted molar refractivity (Wildman–Crippen MR) is 145 cm³/mol. The molecule has 0 saturated heterocycles. The van der Waals surface area contributed by atoms with Gasteiger partial charge in [-0.2, -0.15) is 0 Å². The molecule has 5 aliphatic rings. The Morgan fingerprint density at radius 3 is 2.48 bits per heavy atom. The monoisotopic (exact) mass is 557 g/mol. The van der Waals surface area contributed by atoms with Crippen LogP contribution in [-0.4, -0.2) is 79.6 Å². The van der Waals surface area contributed by atoms with Crippen molar-refractivity contribution >= 4 is 23.9 Å². The summed E-state index contributed by atoms with van der Waals surface area (Å²) in [5.41, 5.74) is -0.0237. The van der Waals surface area contributed by atoms with Crippen LogP contribution in [0.2, 0.25) is 0 Å². The van der Waals surface area contributed by atoms with Crippen molar-refractivity contribution in [3.05, 3.63) is 23.8 Å². The van der Waals surface area contributed by atoms with E-state index in [-0.39, 0.29) is 23.3 Å². The van der Waals surface area contributed by atoms with E-state index in [2.05, 4.69) is 26.3 Å². The van der Waals surface area contributed by atoms with E-state index in [9.17, 15) is 24.6 Å². The number of nitrogens with zero attached hydrogens (tertiary/aromatic N) is 1. The molecule has 1 atom stereocenters. The highest BCUT2D eigenvalue weighted by molar-refractivity contribution is 5.97. The number of nitrogens with one attached hydrogen (secondary N) is 4. The van der Waals surface area contributed by atoms with E-state index in [4.69, 9.17) is 9.47 Å². The Morgan fingerprint density at radius 1 is 1.12 bits per heavy atom. The fourth-order valence-corrected chi connectivity index (χ4v) is 7.14. The van der Waals surface area contributed by atoms with Crippen molar-refractivity contribution in [2.45, 2.75) is 51.0 Å². The molecule has 4 aliphatic carbocycles. The van der Waals surface area contributed by atoms with Crippen molar-refractivity contribution in [1.82, 2.24) is 21.3 Å². The van der Waals surface area contributed by atoms with E-state index in [0.29, 0.717) is 43.3 Å². The maximum Gasteiger partial charge on any atom is 0.407 e. The average Bonchev–Trinajstić information content (AvgIpc) is 2.92. The number of carboxylic acids is 1. The number of alkyl carbamates (subject to hydrolysis) is 1. The number of amides is 2. The van der Waals surface area contributed by atoms with Crippen LogP contribution in [0, 0.1) is 23.2 Å². The number of aliphatic imine (C=N–C) groups is 1. The molecule has 1 heterocycles. The standard InChI is InChI=1S/C28H39N5O7/c34-23-11-20(39-7-6-31-26-29-4-1-5-30-26)2-3-21(23)24(35)32-15-22(25(36)37)33-27(38)40-16-28-12-17-8-18(13-28)10-19(9-17)14-28/h2-3,11,17-19,22,34H,1,4-10,12-16H2,(H,32,35)(H,33,38)(H,36,37)(H2,29,30,31)/t17?,18?,19?,22-,28?/m0/s1. The number of phenols is 1. The van der Waals surface area contributed by atoms with Crippen molar-refractivity contribution in [1.29, 1.82) is 0 Å². The summed E-state index contributed by atoms with van der Waals surface area (Å²) in [6, 6.07) is 2.87. The number of ether oxygens (including phenoxy) is 2. The van der Waals surface area contributed by atoms with Crippen LogP contribution in [0.3, 0.4) is 0 Å². The van der Waals surface area contributed by atoms with E-state index in [0.717, 1.165) is 44.7 Å². The number of aromatic hydroxyl groups is 1. The zero-order valence-corrected chi connectivity index (χ0v) is 22.6. The Bertz CT molecular complexity index is 1100. The number of guanidine groups is 1. The minimum atomic E-state index is -1.38. The summed E-state index contributed by atoms with van der Waals surface area (Å²) < 4.78 is 11.1. The van der Waals surface area contributed by atoms with E-state index in [1.807, 2.05) is 0 Å². The molecule has 6 rings (SSSR count).